The Morgan fingerprint density at radius 1 is 1.04 bits per heavy atom. The van der Waals surface area contributed by atoms with Crippen molar-refractivity contribution in [3.05, 3.63) is 35.6 Å². The number of esters is 1. The van der Waals surface area contributed by atoms with Crippen LogP contribution in [0.1, 0.15) is 88.4 Å². The van der Waals surface area contributed by atoms with Gasteiger partial charge in [0.05, 0.1) is 11.7 Å². The highest BCUT2D eigenvalue weighted by Crippen LogP contribution is 2.13. The van der Waals surface area contributed by atoms with Gasteiger partial charge in [-0.2, -0.15) is 0 Å². The SMILES string of the molecule is CCCCCCCCCCCC(C)OC(=O)c1cccc(F)c1. The molecule has 0 N–H and O–H groups in total. The highest BCUT2D eigenvalue weighted by molar-refractivity contribution is 5.89. The fourth-order valence-electron chi connectivity index (χ4n) is 2.67. The average Bonchev–Trinajstić information content (AvgIpc) is 2.53. The highest BCUT2D eigenvalue weighted by atomic mass is 19.1. The smallest absolute Gasteiger partial charge is 0.338 e. The first-order valence-corrected chi connectivity index (χ1v) is 9.10. The Bertz CT molecular complexity index is 445. The predicted molar refractivity (Wildman–Crippen MR) is 93.1 cm³/mol. The van der Waals surface area contributed by atoms with Gasteiger partial charge in [-0.1, -0.05) is 64.4 Å². The Hall–Kier alpha value is -1.38. The zero-order valence-electron chi connectivity index (χ0n) is 14.7. The van der Waals surface area contributed by atoms with E-state index >= 15 is 0 Å². The first-order chi connectivity index (χ1) is 11.1. The normalized spacial score (nSPS) is 12.1. The number of ether oxygens (including phenoxy) is 1. The Kier molecular flexibility index (Phi) is 10.3. The molecule has 3 heteroatoms. The fourth-order valence-corrected chi connectivity index (χ4v) is 2.67. The quantitative estimate of drug-likeness (QED) is 0.334. The van der Waals surface area contributed by atoms with E-state index in [1.165, 1.54) is 69.6 Å². The van der Waals surface area contributed by atoms with Crippen molar-refractivity contribution in [1.82, 2.24) is 0 Å². The van der Waals surface area contributed by atoms with Crippen molar-refractivity contribution in [2.75, 3.05) is 0 Å². The molecule has 1 rings (SSSR count). The fraction of sp³-hybridized carbons (Fsp3) is 0.650. The van der Waals surface area contributed by atoms with Gasteiger partial charge in [0.15, 0.2) is 0 Å². The van der Waals surface area contributed by atoms with Crippen LogP contribution in [0, 0.1) is 5.82 Å². The molecule has 1 aromatic carbocycles. The zero-order chi connectivity index (χ0) is 16.9. The summed E-state index contributed by atoms with van der Waals surface area (Å²) in [7, 11) is 0. The second-order valence-electron chi connectivity index (χ2n) is 6.34. The van der Waals surface area contributed by atoms with E-state index in [4.69, 9.17) is 4.74 Å². The molecule has 0 amide bonds. The predicted octanol–water partition coefficient (Wildman–Crippen LogP) is 6.29. The molecule has 23 heavy (non-hydrogen) atoms. The lowest BCUT2D eigenvalue weighted by Gasteiger charge is -2.13. The van der Waals surface area contributed by atoms with Gasteiger partial charge in [0, 0.05) is 0 Å². The number of benzene rings is 1. The summed E-state index contributed by atoms with van der Waals surface area (Å²) in [6.45, 7) is 4.14. The second kappa shape index (κ2) is 12.1. The van der Waals surface area contributed by atoms with E-state index in [-0.39, 0.29) is 11.7 Å². The standard InChI is InChI=1S/C20H31FO2/c1-3-4-5-6-7-8-9-10-11-13-17(2)23-20(22)18-14-12-15-19(21)16-18/h12,14-17H,3-11,13H2,1-2H3. The minimum Gasteiger partial charge on any atom is -0.459 e. The number of hydrogen-bond donors (Lipinski definition) is 0. The minimum absolute atomic E-state index is 0.115. The molecule has 0 aliphatic rings. The summed E-state index contributed by atoms with van der Waals surface area (Å²) in [4.78, 5) is 11.9. The molecule has 0 saturated carbocycles. The van der Waals surface area contributed by atoms with Gasteiger partial charge >= 0.3 is 5.97 Å². The van der Waals surface area contributed by atoms with Crippen LogP contribution in [-0.2, 0) is 4.74 Å². The van der Waals surface area contributed by atoms with Crippen molar-refractivity contribution < 1.29 is 13.9 Å². The van der Waals surface area contributed by atoms with Crippen LogP contribution in [-0.4, -0.2) is 12.1 Å². The van der Waals surface area contributed by atoms with Crippen LogP contribution >= 0.6 is 0 Å². The zero-order valence-corrected chi connectivity index (χ0v) is 14.7. The maximum atomic E-state index is 13.1. The first-order valence-electron chi connectivity index (χ1n) is 9.10. The molecule has 1 aromatic rings. The lowest BCUT2D eigenvalue weighted by molar-refractivity contribution is 0.0319. The molecule has 0 spiro atoms. The van der Waals surface area contributed by atoms with Crippen LogP contribution < -0.4 is 0 Å². The van der Waals surface area contributed by atoms with Crippen LogP contribution in [0.25, 0.3) is 0 Å². The van der Waals surface area contributed by atoms with Crippen LogP contribution in [0.4, 0.5) is 4.39 Å². The molecule has 1 unspecified atom stereocenters. The molecule has 130 valence electrons. The molecule has 1 atom stereocenters. The second-order valence-corrected chi connectivity index (χ2v) is 6.34. The Balaban J connectivity index is 2.06. The maximum absolute atomic E-state index is 13.1. The van der Waals surface area contributed by atoms with Gasteiger partial charge in [-0.05, 0) is 38.0 Å². The maximum Gasteiger partial charge on any atom is 0.338 e. The minimum atomic E-state index is -0.437. The number of carbonyl (C=O) groups is 1. The molecule has 0 bridgehead atoms. The lowest BCUT2D eigenvalue weighted by Crippen LogP contribution is -2.15. The van der Waals surface area contributed by atoms with Gasteiger partial charge in [-0.3, -0.25) is 0 Å². The summed E-state index contributed by atoms with van der Waals surface area (Å²) in [5, 5.41) is 0. The number of halogens is 1. The van der Waals surface area contributed by atoms with Crippen LogP contribution in [0.3, 0.4) is 0 Å². The van der Waals surface area contributed by atoms with Crippen molar-refractivity contribution >= 4 is 5.97 Å². The molecule has 2 nitrogen and oxygen atoms in total. The Morgan fingerprint density at radius 3 is 2.26 bits per heavy atom. The third kappa shape index (κ3) is 9.37. The van der Waals surface area contributed by atoms with E-state index in [2.05, 4.69) is 6.92 Å². The first kappa shape index (κ1) is 19.7. The average molecular weight is 322 g/mol. The Labute approximate surface area is 140 Å². The topological polar surface area (TPSA) is 26.3 Å². The largest absolute Gasteiger partial charge is 0.459 e. The van der Waals surface area contributed by atoms with Gasteiger partial charge in [0.1, 0.15) is 5.82 Å². The summed E-state index contributed by atoms with van der Waals surface area (Å²) < 4.78 is 18.4. The molecule has 0 aliphatic heterocycles. The summed E-state index contributed by atoms with van der Waals surface area (Å²) in [5.41, 5.74) is 0.281. The van der Waals surface area contributed by atoms with Gasteiger partial charge in [0.25, 0.3) is 0 Å². The molecule has 0 fully saturated rings. The summed E-state index contributed by atoms with van der Waals surface area (Å²) in [6.07, 6.45) is 12.3. The molecule has 0 aliphatic carbocycles. The number of carbonyl (C=O) groups excluding carboxylic acids is 1. The van der Waals surface area contributed by atoms with Gasteiger partial charge in [-0.25, -0.2) is 9.18 Å². The van der Waals surface area contributed by atoms with Crippen LogP contribution in [0.15, 0.2) is 24.3 Å². The summed E-state index contributed by atoms with van der Waals surface area (Å²) in [6, 6.07) is 5.64. The molecular formula is C20H31FO2. The molecule has 0 saturated heterocycles. The third-order valence-corrected chi connectivity index (χ3v) is 4.08. The third-order valence-electron chi connectivity index (χ3n) is 4.08. The van der Waals surface area contributed by atoms with E-state index < -0.39 is 11.8 Å². The lowest BCUT2D eigenvalue weighted by atomic mass is 10.1. The van der Waals surface area contributed by atoms with E-state index in [1.54, 1.807) is 6.07 Å². The van der Waals surface area contributed by atoms with Crippen molar-refractivity contribution in [2.24, 2.45) is 0 Å². The van der Waals surface area contributed by atoms with E-state index in [9.17, 15) is 9.18 Å². The number of rotatable bonds is 12. The van der Waals surface area contributed by atoms with E-state index in [1.807, 2.05) is 6.92 Å². The molecular weight excluding hydrogens is 291 g/mol. The van der Waals surface area contributed by atoms with E-state index in [0.717, 1.165) is 12.8 Å². The van der Waals surface area contributed by atoms with Gasteiger partial charge < -0.3 is 4.74 Å². The van der Waals surface area contributed by atoms with Crippen molar-refractivity contribution in [3.8, 4) is 0 Å². The number of hydrogen-bond acceptors (Lipinski definition) is 2. The van der Waals surface area contributed by atoms with Gasteiger partial charge in [-0.15, -0.1) is 0 Å². The summed E-state index contributed by atoms with van der Waals surface area (Å²) >= 11 is 0. The molecule has 0 radical (unpaired) electrons. The van der Waals surface area contributed by atoms with Crippen molar-refractivity contribution in [1.29, 1.82) is 0 Å². The van der Waals surface area contributed by atoms with Crippen molar-refractivity contribution in [3.63, 3.8) is 0 Å². The van der Waals surface area contributed by atoms with Crippen LogP contribution in [0.5, 0.6) is 0 Å². The monoisotopic (exact) mass is 322 g/mol. The van der Waals surface area contributed by atoms with Gasteiger partial charge in [0.2, 0.25) is 0 Å². The number of unbranched alkanes of at least 4 members (excludes halogenated alkanes) is 8. The van der Waals surface area contributed by atoms with Crippen molar-refractivity contribution in [2.45, 2.75) is 84.2 Å². The summed E-state index contributed by atoms with van der Waals surface area (Å²) in [5.74, 6) is -0.848. The molecule has 0 aromatic heterocycles. The highest BCUT2D eigenvalue weighted by Gasteiger charge is 2.12. The van der Waals surface area contributed by atoms with E-state index in [0.29, 0.717) is 0 Å². The van der Waals surface area contributed by atoms with Crippen LogP contribution in [0.2, 0.25) is 0 Å². The Morgan fingerprint density at radius 2 is 1.65 bits per heavy atom. The molecule has 0 heterocycles.